The van der Waals surface area contributed by atoms with Gasteiger partial charge in [-0.1, -0.05) is 55.8 Å². The Morgan fingerprint density at radius 2 is 1.67 bits per heavy atom. The minimum Gasteiger partial charge on any atom is -0.489 e. The van der Waals surface area contributed by atoms with Gasteiger partial charge in [-0.05, 0) is 41.0 Å². The first kappa shape index (κ1) is 16.3. The second-order valence-electron chi connectivity index (χ2n) is 6.12. The van der Waals surface area contributed by atoms with E-state index >= 15 is 0 Å². The normalized spacial score (nSPS) is 13.1. The van der Waals surface area contributed by atoms with Crippen molar-refractivity contribution in [3.05, 3.63) is 40.9 Å². The zero-order valence-corrected chi connectivity index (χ0v) is 14.8. The highest BCUT2D eigenvalue weighted by atomic mass is 79.9. The zero-order valence-electron chi connectivity index (χ0n) is 13.2. The highest BCUT2D eigenvalue weighted by Crippen LogP contribution is 2.25. The summed E-state index contributed by atoms with van der Waals surface area (Å²) < 4.78 is 7.29. The van der Waals surface area contributed by atoms with Crippen LogP contribution in [-0.4, -0.2) is 18.7 Å². The van der Waals surface area contributed by atoms with E-state index in [-0.39, 0.29) is 6.10 Å². The van der Waals surface area contributed by atoms with Crippen molar-refractivity contribution in [2.24, 2.45) is 5.92 Å². The van der Waals surface area contributed by atoms with E-state index in [0.29, 0.717) is 12.0 Å². The summed E-state index contributed by atoms with van der Waals surface area (Å²) >= 11 is 3.50. The molecule has 2 aromatic rings. The predicted octanol–water partition coefficient (Wildman–Crippen LogP) is 5.00. The molecule has 0 fully saturated rings. The number of ether oxygens (including phenoxy) is 1. The van der Waals surface area contributed by atoms with Crippen LogP contribution in [0.25, 0.3) is 10.8 Å². The molecule has 0 bridgehead atoms. The molecule has 1 atom stereocenters. The maximum absolute atomic E-state index is 6.19. The molecule has 0 radical (unpaired) electrons. The van der Waals surface area contributed by atoms with Gasteiger partial charge in [0.1, 0.15) is 11.9 Å². The van der Waals surface area contributed by atoms with Crippen molar-refractivity contribution in [1.82, 2.24) is 5.32 Å². The fraction of sp³-hybridized carbons (Fsp3) is 0.444. The first-order valence-corrected chi connectivity index (χ1v) is 8.34. The number of hydrogen-bond acceptors (Lipinski definition) is 2. The lowest BCUT2D eigenvalue weighted by Gasteiger charge is -2.24. The summed E-state index contributed by atoms with van der Waals surface area (Å²) in [6, 6.07) is 13.1. The van der Waals surface area contributed by atoms with Crippen molar-refractivity contribution in [2.75, 3.05) is 6.54 Å². The number of nitrogens with one attached hydrogen (secondary N) is 1. The maximum Gasteiger partial charge on any atom is 0.120 e. The Labute approximate surface area is 136 Å². The van der Waals surface area contributed by atoms with Gasteiger partial charge in [0.05, 0.1) is 0 Å². The smallest absolute Gasteiger partial charge is 0.120 e. The Kier molecular flexibility index (Phi) is 5.65. The molecule has 0 heterocycles. The van der Waals surface area contributed by atoms with Gasteiger partial charge in [-0.3, -0.25) is 0 Å². The van der Waals surface area contributed by atoms with E-state index in [2.05, 4.69) is 85.3 Å². The molecule has 0 aliphatic carbocycles. The van der Waals surface area contributed by atoms with Crippen LogP contribution in [0, 0.1) is 5.92 Å². The lowest BCUT2D eigenvalue weighted by atomic mass is 10.1. The third-order valence-corrected chi connectivity index (χ3v) is 4.03. The van der Waals surface area contributed by atoms with Crippen molar-refractivity contribution >= 4 is 26.7 Å². The standard InChI is InChI=1S/C18H24BrNO/c1-12(2)18(11-20-13(3)4)21-17-8-6-14-9-16(19)7-5-15(14)10-17/h5-10,12-13,18,20H,11H2,1-4H3. The highest BCUT2D eigenvalue weighted by molar-refractivity contribution is 9.10. The van der Waals surface area contributed by atoms with Crippen LogP contribution in [-0.2, 0) is 0 Å². The average Bonchev–Trinajstić information content (AvgIpc) is 2.43. The molecule has 2 aromatic carbocycles. The Morgan fingerprint density at radius 3 is 2.33 bits per heavy atom. The Balaban J connectivity index is 2.14. The van der Waals surface area contributed by atoms with Crippen LogP contribution < -0.4 is 10.1 Å². The number of rotatable bonds is 6. The van der Waals surface area contributed by atoms with Crippen molar-refractivity contribution < 1.29 is 4.74 Å². The summed E-state index contributed by atoms with van der Waals surface area (Å²) in [7, 11) is 0. The summed E-state index contributed by atoms with van der Waals surface area (Å²) in [4.78, 5) is 0. The van der Waals surface area contributed by atoms with Crippen LogP contribution in [0.3, 0.4) is 0 Å². The maximum atomic E-state index is 6.19. The van der Waals surface area contributed by atoms with E-state index in [1.165, 1.54) is 10.8 Å². The minimum atomic E-state index is 0.181. The van der Waals surface area contributed by atoms with Crippen LogP contribution in [0.4, 0.5) is 0 Å². The number of halogens is 1. The Bertz CT molecular complexity index is 595. The van der Waals surface area contributed by atoms with Gasteiger partial charge in [0, 0.05) is 17.1 Å². The van der Waals surface area contributed by atoms with Crippen molar-refractivity contribution in [1.29, 1.82) is 0 Å². The molecule has 2 nitrogen and oxygen atoms in total. The fourth-order valence-corrected chi connectivity index (χ4v) is 2.59. The minimum absolute atomic E-state index is 0.181. The fourth-order valence-electron chi connectivity index (χ4n) is 2.21. The summed E-state index contributed by atoms with van der Waals surface area (Å²) in [6.45, 7) is 9.58. The van der Waals surface area contributed by atoms with Gasteiger partial charge in [-0.25, -0.2) is 0 Å². The monoisotopic (exact) mass is 349 g/mol. The van der Waals surface area contributed by atoms with Gasteiger partial charge in [0.2, 0.25) is 0 Å². The van der Waals surface area contributed by atoms with Gasteiger partial charge < -0.3 is 10.1 Å². The van der Waals surface area contributed by atoms with Gasteiger partial charge in [-0.15, -0.1) is 0 Å². The van der Waals surface area contributed by atoms with Crippen molar-refractivity contribution in [3.63, 3.8) is 0 Å². The van der Waals surface area contributed by atoms with Gasteiger partial charge in [0.15, 0.2) is 0 Å². The summed E-state index contributed by atoms with van der Waals surface area (Å²) in [5.41, 5.74) is 0. The summed E-state index contributed by atoms with van der Waals surface area (Å²) in [6.07, 6.45) is 0.181. The second-order valence-corrected chi connectivity index (χ2v) is 7.03. The predicted molar refractivity (Wildman–Crippen MR) is 94.0 cm³/mol. The van der Waals surface area contributed by atoms with Gasteiger partial charge in [-0.2, -0.15) is 0 Å². The van der Waals surface area contributed by atoms with Crippen LogP contribution in [0.1, 0.15) is 27.7 Å². The third kappa shape index (κ3) is 4.72. The molecule has 1 N–H and O–H groups in total. The van der Waals surface area contributed by atoms with Crippen LogP contribution in [0.15, 0.2) is 40.9 Å². The molecule has 0 saturated heterocycles. The van der Waals surface area contributed by atoms with E-state index in [0.717, 1.165) is 16.8 Å². The first-order chi connectivity index (χ1) is 9.95. The van der Waals surface area contributed by atoms with Crippen LogP contribution >= 0.6 is 15.9 Å². The van der Waals surface area contributed by atoms with Crippen LogP contribution in [0.2, 0.25) is 0 Å². The molecular formula is C18H24BrNO. The number of hydrogen-bond donors (Lipinski definition) is 1. The molecule has 2 rings (SSSR count). The summed E-state index contributed by atoms with van der Waals surface area (Å²) in [5.74, 6) is 1.41. The molecule has 114 valence electrons. The number of fused-ring (bicyclic) bond motifs is 1. The molecule has 0 aliphatic rings. The molecule has 0 spiro atoms. The lowest BCUT2D eigenvalue weighted by Crippen LogP contribution is -2.38. The van der Waals surface area contributed by atoms with Crippen LogP contribution in [0.5, 0.6) is 5.75 Å². The van der Waals surface area contributed by atoms with E-state index in [4.69, 9.17) is 4.74 Å². The van der Waals surface area contributed by atoms with E-state index in [9.17, 15) is 0 Å². The highest BCUT2D eigenvalue weighted by Gasteiger charge is 2.15. The number of benzene rings is 2. The third-order valence-electron chi connectivity index (χ3n) is 3.53. The second kappa shape index (κ2) is 7.28. The van der Waals surface area contributed by atoms with Crippen molar-refractivity contribution in [2.45, 2.75) is 39.8 Å². The van der Waals surface area contributed by atoms with E-state index in [1.807, 2.05) is 0 Å². The quantitative estimate of drug-likeness (QED) is 0.791. The molecule has 3 heteroatoms. The zero-order chi connectivity index (χ0) is 15.4. The van der Waals surface area contributed by atoms with E-state index < -0.39 is 0 Å². The Morgan fingerprint density at radius 1 is 1.00 bits per heavy atom. The summed E-state index contributed by atoms with van der Waals surface area (Å²) in [5, 5.41) is 5.88. The molecule has 0 saturated carbocycles. The Hall–Kier alpha value is -1.06. The molecule has 0 amide bonds. The van der Waals surface area contributed by atoms with Gasteiger partial charge >= 0.3 is 0 Å². The van der Waals surface area contributed by atoms with Gasteiger partial charge in [0.25, 0.3) is 0 Å². The van der Waals surface area contributed by atoms with E-state index in [1.54, 1.807) is 0 Å². The molecular weight excluding hydrogens is 326 g/mol. The lowest BCUT2D eigenvalue weighted by molar-refractivity contribution is 0.146. The van der Waals surface area contributed by atoms with Crippen molar-refractivity contribution in [3.8, 4) is 5.75 Å². The molecule has 0 aromatic heterocycles. The SMILES string of the molecule is CC(C)NCC(Oc1ccc2cc(Br)ccc2c1)C(C)C. The molecule has 0 aliphatic heterocycles. The molecule has 21 heavy (non-hydrogen) atoms. The topological polar surface area (TPSA) is 21.3 Å². The average molecular weight is 350 g/mol. The first-order valence-electron chi connectivity index (χ1n) is 7.55. The molecule has 1 unspecified atom stereocenters. The largest absolute Gasteiger partial charge is 0.489 e.